The third kappa shape index (κ3) is 31.3. The van der Waals surface area contributed by atoms with E-state index in [2.05, 4.69) is 272 Å². The summed E-state index contributed by atoms with van der Waals surface area (Å²) in [4.78, 5) is 78.0. The molecule has 716 valence electrons. The van der Waals surface area contributed by atoms with Gasteiger partial charge in [-0.15, -0.1) is 42.5 Å². The lowest BCUT2D eigenvalue weighted by Crippen LogP contribution is -2.42. The van der Waals surface area contributed by atoms with E-state index < -0.39 is 18.1 Å². The highest BCUT2D eigenvalue weighted by atomic mass is 127. The summed E-state index contributed by atoms with van der Waals surface area (Å²) < 4.78 is 14.2. The van der Waals surface area contributed by atoms with E-state index in [-0.39, 0.29) is 73.0 Å². The van der Waals surface area contributed by atoms with Crippen LogP contribution >= 0.6 is 99.8 Å². The first-order valence-corrected chi connectivity index (χ1v) is 49.0. The molecule has 7 heterocycles. The number of fused-ring (bicyclic) bond motifs is 6. The van der Waals surface area contributed by atoms with Gasteiger partial charge in [0.1, 0.15) is 23.0 Å². The molecule has 0 spiro atoms. The average molecular weight is 2260 g/mol. The Kier molecular flexibility index (Phi) is 43.6. The number of amides is 2. The number of hydrogen-bond donors (Lipinski definition) is 4. The smallest absolute Gasteiger partial charge is 0.407 e. The Morgan fingerprint density at radius 2 is 0.645 bits per heavy atom. The quantitative estimate of drug-likeness (QED) is 0.0182. The summed E-state index contributed by atoms with van der Waals surface area (Å²) in [5.74, 6) is -1.16. The number of nitrogens with zero attached hydrogens (tertiary/aromatic N) is 7. The molecule has 0 saturated heterocycles. The molecule has 2 aliphatic carbocycles. The van der Waals surface area contributed by atoms with E-state index in [0.29, 0.717) is 24.2 Å². The monoisotopic (exact) mass is 2260 g/mol. The van der Waals surface area contributed by atoms with Gasteiger partial charge in [-0.25, -0.2) is 19.4 Å². The van der Waals surface area contributed by atoms with Gasteiger partial charge >= 0.3 is 18.2 Å². The number of pyridine rings is 7. The van der Waals surface area contributed by atoms with Crippen molar-refractivity contribution in [3.8, 4) is 89.8 Å². The molecule has 2 aliphatic rings. The Hall–Kier alpha value is -13.4. The van der Waals surface area contributed by atoms with Gasteiger partial charge in [0.05, 0.1) is 40.8 Å². The number of carbonyl (C=O) groups excluding carboxylic acids is 3. The van der Waals surface area contributed by atoms with Crippen LogP contribution in [0.2, 0.25) is 0 Å². The maximum absolute atomic E-state index is 12.6. The molecular formula is C118H109Br4ClIN9O8. The van der Waals surface area contributed by atoms with Crippen molar-refractivity contribution < 1.29 is 38.9 Å². The number of aldehydes is 1. The first-order valence-electron chi connectivity index (χ1n) is 45.2. The molecule has 0 bridgehead atoms. The van der Waals surface area contributed by atoms with Crippen LogP contribution in [0.5, 0.6) is 0 Å². The molecule has 17 nitrogen and oxygen atoms in total. The average Bonchev–Trinajstić information content (AvgIpc) is 1.62. The maximum atomic E-state index is 12.6. The fourth-order valence-corrected chi connectivity index (χ4v) is 17.0. The highest BCUT2D eigenvalue weighted by Crippen LogP contribution is 2.46. The van der Waals surface area contributed by atoms with E-state index in [0.717, 1.165) is 120 Å². The lowest BCUT2D eigenvalue weighted by Gasteiger charge is -2.17. The van der Waals surface area contributed by atoms with Gasteiger partial charge in [0.2, 0.25) is 0 Å². The number of ether oxygens (including phenoxy) is 2. The lowest BCUT2D eigenvalue weighted by atomic mass is 9.98. The summed E-state index contributed by atoms with van der Waals surface area (Å²) >= 11 is 12.2. The molecular weight excluding hydrogens is 2150 g/mol. The fourth-order valence-electron chi connectivity index (χ4n) is 15.9. The zero-order chi connectivity index (χ0) is 98.5. The van der Waals surface area contributed by atoms with E-state index in [4.69, 9.17) is 14.6 Å². The van der Waals surface area contributed by atoms with Gasteiger partial charge in [0.25, 0.3) is 0 Å². The second-order valence-corrected chi connectivity index (χ2v) is 36.3. The number of aliphatic hydroxyl groups excluding tert-OH is 1. The normalized spacial score (nSPS) is 11.3. The van der Waals surface area contributed by atoms with E-state index in [1.165, 1.54) is 66.8 Å². The van der Waals surface area contributed by atoms with Gasteiger partial charge in [0.15, 0.2) is 6.29 Å². The molecule has 0 unspecified atom stereocenters. The number of rotatable bonds is 20. The van der Waals surface area contributed by atoms with Crippen molar-refractivity contribution in [3.05, 3.63) is 480 Å². The Morgan fingerprint density at radius 1 is 0.369 bits per heavy atom. The largest absolute Gasteiger partial charge is 0.480 e. The Bertz CT molecular complexity index is 6720. The number of carbonyl (C=O) groups is 4. The number of carboxylic acid groups (broad SMARTS) is 1. The van der Waals surface area contributed by atoms with Crippen LogP contribution in [-0.4, -0.2) is 94.8 Å². The van der Waals surface area contributed by atoms with E-state index in [1.807, 2.05) is 246 Å². The van der Waals surface area contributed by atoms with Gasteiger partial charge in [-0.3, -0.25) is 34.7 Å². The zero-order valence-electron chi connectivity index (χ0n) is 79.1. The number of aromatic nitrogens is 7. The number of halogens is 6. The van der Waals surface area contributed by atoms with Crippen LogP contribution < -0.4 is 10.6 Å². The Labute approximate surface area is 881 Å². The number of benzene rings is 10. The molecule has 19 rings (SSSR count). The molecule has 2 atom stereocenters. The molecule has 141 heavy (non-hydrogen) atoms. The van der Waals surface area contributed by atoms with Crippen LogP contribution in [-0.2, 0) is 39.0 Å². The summed E-state index contributed by atoms with van der Waals surface area (Å²) in [5.41, 5.74) is 33.5. The maximum Gasteiger partial charge on any atom is 0.407 e. The molecule has 4 N–H and O–H groups in total. The molecule has 17 aromatic rings. The highest BCUT2D eigenvalue weighted by Gasteiger charge is 2.32. The number of carboxylic acids is 1. The zero-order valence-corrected chi connectivity index (χ0v) is 88.5. The lowest BCUT2D eigenvalue weighted by molar-refractivity contribution is -0.139. The SMILES string of the molecule is Br.Brc1ccc(I)nc1.C=C.Cc1ccccc1-c1ccc(Br)cn1.Cc1ccccc1-c1ccc(C=O)cn1.Cc1ccccc1-c1ccc(CBr)cn1.Cc1ccccc1-c1ccc(CO)cn1.Cc1ccccc1-c1ccc(C[C@@H](C)NC(=O)OCC2c3ccccc3-c3ccccc32)cn1.Cc1ccccc1-c1ccc(C[C@H](NC(=O)OCC2c3ccccc3-c3ccccc32)C(=O)O)cn1.Cl. The topological polar surface area (TPSA) is 241 Å². The minimum Gasteiger partial charge on any atom is -0.480 e. The van der Waals surface area contributed by atoms with Crippen LogP contribution in [0.1, 0.15) is 107 Å². The molecule has 0 aliphatic heterocycles. The predicted molar refractivity (Wildman–Crippen MR) is 596 cm³/mol. The van der Waals surface area contributed by atoms with Crippen molar-refractivity contribution in [2.45, 2.75) is 97.2 Å². The molecule has 0 fully saturated rings. The minimum atomic E-state index is -1.13. The van der Waals surface area contributed by atoms with Gasteiger partial charge in [-0.1, -0.05) is 283 Å². The second-order valence-electron chi connectivity index (χ2n) is 32.8. The van der Waals surface area contributed by atoms with Crippen molar-refractivity contribution >= 4 is 124 Å². The molecule has 0 saturated carbocycles. The van der Waals surface area contributed by atoms with Crippen LogP contribution in [0.25, 0.3) is 89.8 Å². The number of alkyl halides is 1. The molecule has 7 aromatic heterocycles. The number of aliphatic hydroxyl groups is 1. The number of alkyl carbamates (subject to hydrolysis) is 2. The summed E-state index contributed by atoms with van der Waals surface area (Å²) in [6.45, 7) is 20.9. The Balaban J connectivity index is 0.000000178. The number of hydrogen-bond acceptors (Lipinski definition) is 14. The summed E-state index contributed by atoms with van der Waals surface area (Å²) in [5, 5.41) is 24.9. The first kappa shape index (κ1) is 110. The third-order valence-electron chi connectivity index (χ3n) is 23.1. The summed E-state index contributed by atoms with van der Waals surface area (Å²) in [6, 6.07) is 108. The van der Waals surface area contributed by atoms with Crippen molar-refractivity contribution in [3.63, 3.8) is 0 Å². The standard InChI is InChI=1S/C30H26N2O4.C30H28N2O2.C13H12BrN.C13H13NO.C13H11NO.C12H10BrN.C5H3BrIN.C2H4.BrH.ClH/c1-19-8-2-3-9-21(19)27-15-14-20(17-31-27)16-28(29(33)34)32-30(35)36-18-26-24-12-6-4-10-22(24)23-11-5-7-13-25(23)26;1-20-9-3-4-10-23(20)29-16-15-22(18-31-29)17-21(2)32-30(33)34-19-28-26-13-7-5-11-24(26)25-12-6-8-14-27(25)28;1-10-4-2-3-5-12(10)13-7-6-11(8-14)9-15-13;2*1-10-4-2-3-5-12(10)13-7-6-11(9-15)8-14-13;1-9-4-2-3-5-11(9)12-7-6-10(13)8-14-12;6-4-1-2-5(7)8-3-4;1-2;;/h2-15,17,26,28H,16,18H2,1H3,(H,32,35)(H,33,34);3-16,18,21,28H,17,19H2,1-2H3,(H,32,33);2-7,9H,8H2,1H3;2-8,15H,9H2,1H3;2-9H,1H3;2-8H,1H3;1-3H;1-2H2;2*1H/t28-;21-;;;;;;;;/m01......../s1. The molecule has 2 amide bonds. The van der Waals surface area contributed by atoms with E-state index in [9.17, 15) is 24.3 Å². The van der Waals surface area contributed by atoms with E-state index >= 15 is 0 Å². The van der Waals surface area contributed by atoms with Crippen LogP contribution in [0, 0.1) is 45.2 Å². The van der Waals surface area contributed by atoms with Crippen LogP contribution in [0.4, 0.5) is 9.59 Å². The minimum absolute atomic E-state index is 0. The van der Waals surface area contributed by atoms with Crippen molar-refractivity contribution in [1.29, 1.82) is 0 Å². The van der Waals surface area contributed by atoms with Crippen LogP contribution in [0.3, 0.4) is 0 Å². The highest BCUT2D eigenvalue weighted by molar-refractivity contribution is 14.1. The van der Waals surface area contributed by atoms with Gasteiger partial charge in [-0.2, -0.15) is 0 Å². The summed E-state index contributed by atoms with van der Waals surface area (Å²) in [6.07, 6.45) is 12.8. The van der Waals surface area contributed by atoms with Crippen molar-refractivity contribution in [2.75, 3.05) is 13.2 Å². The van der Waals surface area contributed by atoms with Crippen molar-refractivity contribution in [1.82, 2.24) is 45.5 Å². The van der Waals surface area contributed by atoms with Gasteiger partial charge < -0.3 is 30.3 Å². The summed E-state index contributed by atoms with van der Waals surface area (Å²) in [7, 11) is 0. The molecule has 23 heteroatoms. The number of nitrogens with one attached hydrogen (secondary N) is 2. The van der Waals surface area contributed by atoms with Gasteiger partial charge in [0, 0.05) is 121 Å². The van der Waals surface area contributed by atoms with Crippen molar-refractivity contribution in [2.24, 2.45) is 0 Å². The second kappa shape index (κ2) is 56.1. The first-order chi connectivity index (χ1) is 67.6. The van der Waals surface area contributed by atoms with E-state index in [1.54, 1.807) is 30.9 Å². The third-order valence-corrected chi connectivity index (χ3v) is 25.4. The molecule has 10 aromatic carbocycles. The Morgan fingerprint density at radius 3 is 0.915 bits per heavy atom. The fraction of sp³-hybridized carbons (Fsp3) is 0.144. The van der Waals surface area contributed by atoms with Gasteiger partial charge in [-0.05, 0) is 270 Å². The predicted octanol–water partition coefficient (Wildman–Crippen LogP) is 29.6. The molecule has 0 radical (unpaired) electrons. The van der Waals surface area contributed by atoms with Crippen LogP contribution in [0.15, 0.2) is 393 Å². The number of aliphatic carboxylic acids is 1. The number of aryl methyl sites for hydroxylation is 6.